The molecule has 5 heteroatoms. The van der Waals surface area contributed by atoms with E-state index in [9.17, 15) is 4.79 Å². The first-order valence-electron chi connectivity index (χ1n) is 8.23. The number of carbonyl (C=O) groups excluding carboxylic acids is 1. The molecule has 0 N–H and O–H groups in total. The molecule has 2 fully saturated rings. The number of hydrogen-bond acceptors (Lipinski definition) is 4. The van der Waals surface area contributed by atoms with Gasteiger partial charge in [-0.1, -0.05) is 52.7 Å². The van der Waals surface area contributed by atoms with E-state index in [1.807, 2.05) is 18.2 Å². The number of benzene rings is 1. The molecule has 0 unspecified atom stereocenters. The summed E-state index contributed by atoms with van der Waals surface area (Å²) in [6.45, 7) is 1.35. The Morgan fingerprint density at radius 1 is 1.30 bits per heavy atom. The fourth-order valence-corrected chi connectivity index (χ4v) is 4.58. The summed E-state index contributed by atoms with van der Waals surface area (Å²) in [4.78, 5) is 16.2. The van der Waals surface area contributed by atoms with Crippen molar-refractivity contribution >= 4 is 27.8 Å². The summed E-state index contributed by atoms with van der Waals surface area (Å²) in [5.41, 5.74) is 1.02. The summed E-state index contributed by atoms with van der Waals surface area (Å²) in [6, 6.07) is 10.3. The van der Waals surface area contributed by atoms with E-state index in [4.69, 9.17) is 9.57 Å². The van der Waals surface area contributed by atoms with Crippen molar-refractivity contribution in [1.82, 2.24) is 0 Å². The molecular weight excluding hydrogens is 358 g/mol. The molecule has 1 aliphatic heterocycles. The van der Waals surface area contributed by atoms with Gasteiger partial charge in [0, 0.05) is 6.92 Å². The van der Waals surface area contributed by atoms with Gasteiger partial charge in [-0.05, 0) is 42.8 Å². The average Bonchev–Trinajstić information content (AvgIpc) is 2.80. The van der Waals surface area contributed by atoms with Crippen molar-refractivity contribution < 1.29 is 14.4 Å². The van der Waals surface area contributed by atoms with Crippen molar-refractivity contribution in [2.75, 3.05) is 0 Å². The average molecular weight is 380 g/mol. The molecule has 2 atom stereocenters. The molecule has 1 saturated heterocycles. The molecule has 0 amide bonds. The monoisotopic (exact) mass is 379 g/mol. The van der Waals surface area contributed by atoms with E-state index in [2.05, 4.69) is 33.2 Å². The standard InChI is InChI=1S/C18H22BrNO3/c1-13(21)23-20-17-15(12-14-8-4-2-5-9-14)16(19)18(22-17)10-6-3-7-11-18/h2,4-5,8-9,15-16H,3,6-7,10-12H2,1H3/b20-17-/t15-,16-/m1/s1. The lowest BCUT2D eigenvalue weighted by molar-refractivity contribution is -0.141. The SMILES string of the molecule is CC(=O)O/N=C1\OC2(CCCCC2)[C@H](Br)[C@H]1Cc1ccccc1. The maximum Gasteiger partial charge on any atom is 0.332 e. The Labute approximate surface area is 145 Å². The highest BCUT2D eigenvalue weighted by Crippen LogP contribution is 2.47. The van der Waals surface area contributed by atoms with Crippen LogP contribution < -0.4 is 0 Å². The minimum Gasteiger partial charge on any atom is -0.471 e. The third kappa shape index (κ3) is 3.60. The number of carbonyl (C=O) groups is 1. The van der Waals surface area contributed by atoms with Gasteiger partial charge in [-0.2, -0.15) is 0 Å². The van der Waals surface area contributed by atoms with Gasteiger partial charge in [0.15, 0.2) is 0 Å². The summed E-state index contributed by atoms with van der Waals surface area (Å²) in [5.74, 6) is 0.206. The molecule has 1 aromatic carbocycles. The molecule has 1 saturated carbocycles. The van der Waals surface area contributed by atoms with Crippen molar-refractivity contribution in [3.8, 4) is 0 Å². The Morgan fingerprint density at radius 2 is 2.00 bits per heavy atom. The van der Waals surface area contributed by atoms with Crippen LogP contribution in [0, 0.1) is 5.92 Å². The highest BCUT2D eigenvalue weighted by Gasteiger charge is 2.53. The van der Waals surface area contributed by atoms with E-state index in [1.54, 1.807) is 0 Å². The Balaban J connectivity index is 1.85. The zero-order chi connectivity index (χ0) is 16.3. The normalized spacial score (nSPS) is 27.8. The Bertz CT molecular complexity index is 581. The molecule has 0 aromatic heterocycles. The Hall–Kier alpha value is -1.36. The molecule has 124 valence electrons. The first-order valence-corrected chi connectivity index (χ1v) is 9.15. The van der Waals surface area contributed by atoms with Crippen LogP contribution in [0.15, 0.2) is 35.5 Å². The van der Waals surface area contributed by atoms with E-state index >= 15 is 0 Å². The number of rotatable bonds is 3. The minimum absolute atomic E-state index is 0.0786. The lowest BCUT2D eigenvalue weighted by Crippen LogP contribution is -2.39. The maximum atomic E-state index is 11.1. The lowest BCUT2D eigenvalue weighted by Gasteiger charge is -2.35. The first kappa shape index (κ1) is 16.5. The molecular formula is C18H22BrNO3. The van der Waals surface area contributed by atoms with Crippen LogP contribution in [0.1, 0.15) is 44.6 Å². The van der Waals surface area contributed by atoms with Crippen molar-refractivity contribution in [3.05, 3.63) is 35.9 Å². The summed E-state index contributed by atoms with van der Waals surface area (Å²) < 4.78 is 6.26. The van der Waals surface area contributed by atoms with Gasteiger partial charge in [-0.3, -0.25) is 0 Å². The number of hydrogen-bond donors (Lipinski definition) is 0. The molecule has 1 heterocycles. The van der Waals surface area contributed by atoms with Gasteiger partial charge in [-0.25, -0.2) is 4.79 Å². The van der Waals surface area contributed by atoms with Gasteiger partial charge in [0.2, 0.25) is 5.90 Å². The number of nitrogens with zero attached hydrogens (tertiary/aromatic N) is 1. The number of halogens is 1. The second-order valence-electron chi connectivity index (χ2n) is 6.44. The zero-order valence-electron chi connectivity index (χ0n) is 13.3. The minimum atomic E-state index is -0.421. The summed E-state index contributed by atoms with van der Waals surface area (Å²) in [7, 11) is 0. The Morgan fingerprint density at radius 3 is 2.65 bits per heavy atom. The molecule has 1 aromatic rings. The largest absolute Gasteiger partial charge is 0.471 e. The van der Waals surface area contributed by atoms with Crippen LogP contribution in [0.25, 0.3) is 0 Å². The summed E-state index contributed by atoms with van der Waals surface area (Å²) in [6.07, 6.45) is 6.45. The van der Waals surface area contributed by atoms with E-state index in [0.29, 0.717) is 5.90 Å². The quantitative estimate of drug-likeness (QED) is 0.448. The van der Waals surface area contributed by atoms with Crippen molar-refractivity contribution in [3.63, 3.8) is 0 Å². The summed E-state index contributed by atoms with van der Waals surface area (Å²) >= 11 is 3.88. The molecule has 1 aliphatic carbocycles. The van der Waals surface area contributed by atoms with Crippen molar-refractivity contribution in [2.45, 2.75) is 55.9 Å². The van der Waals surface area contributed by atoms with E-state index in [1.165, 1.54) is 31.7 Å². The molecule has 0 radical (unpaired) electrons. The van der Waals surface area contributed by atoms with Crippen LogP contribution in [0.3, 0.4) is 0 Å². The second-order valence-corrected chi connectivity index (χ2v) is 7.42. The van der Waals surface area contributed by atoms with Crippen LogP contribution in [0.5, 0.6) is 0 Å². The van der Waals surface area contributed by atoms with Gasteiger partial charge in [0.05, 0.1) is 10.7 Å². The van der Waals surface area contributed by atoms with Gasteiger partial charge in [-0.15, -0.1) is 0 Å². The van der Waals surface area contributed by atoms with E-state index in [0.717, 1.165) is 19.3 Å². The van der Waals surface area contributed by atoms with E-state index < -0.39 is 5.97 Å². The van der Waals surface area contributed by atoms with Gasteiger partial charge >= 0.3 is 5.97 Å². The highest BCUT2D eigenvalue weighted by molar-refractivity contribution is 9.09. The number of ether oxygens (including phenoxy) is 1. The molecule has 1 spiro atoms. The van der Waals surface area contributed by atoms with Gasteiger partial charge in [0.25, 0.3) is 0 Å². The van der Waals surface area contributed by atoms with Crippen LogP contribution in [-0.2, 0) is 20.8 Å². The second kappa shape index (κ2) is 7.04. The summed E-state index contributed by atoms with van der Waals surface area (Å²) in [5, 5.41) is 4.02. The van der Waals surface area contributed by atoms with Crippen LogP contribution in [-0.4, -0.2) is 22.3 Å². The van der Waals surface area contributed by atoms with Crippen LogP contribution in [0.2, 0.25) is 0 Å². The highest BCUT2D eigenvalue weighted by atomic mass is 79.9. The number of oxime groups is 1. The zero-order valence-corrected chi connectivity index (χ0v) is 14.9. The molecule has 2 aliphatic rings. The van der Waals surface area contributed by atoms with Gasteiger partial charge in [0.1, 0.15) is 5.60 Å². The smallest absolute Gasteiger partial charge is 0.332 e. The maximum absolute atomic E-state index is 11.1. The molecule has 23 heavy (non-hydrogen) atoms. The Kier molecular flexibility index (Phi) is 5.05. The predicted molar refractivity (Wildman–Crippen MR) is 92.5 cm³/mol. The molecule has 0 bridgehead atoms. The molecule has 3 rings (SSSR count). The fraction of sp³-hybridized carbons (Fsp3) is 0.556. The topological polar surface area (TPSA) is 47.9 Å². The fourth-order valence-electron chi connectivity index (χ4n) is 3.61. The predicted octanol–water partition coefficient (Wildman–Crippen LogP) is 4.22. The third-order valence-electron chi connectivity index (χ3n) is 4.74. The van der Waals surface area contributed by atoms with Crippen LogP contribution >= 0.6 is 15.9 Å². The van der Waals surface area contributed by atoms with Crippen LogP contribution in [0.4, 0.5) is 0 Å². The lowest BCUT2D eigenvalue weighted by atomic mass is 9.79. The van der Waals surface area contributed by atoms with Crippen molar-refractivity contribution in [1.29, 1.82) is 0 Å². The van der Waals surface area contributed by atoms with Gasteiger partial charge < -0.3 is 9.57 Å². The van der Waals surface area contributed by atoms with Crippen molar-refractivity contribution in [2.24, 2.45) is 11.1 Å². The third-order valence-corrected chi connectivity index (χ3v) is 6.22. The number of alkyl halides is 1. The first-order chi connectivity index (χ1) is 11.1. The molecule has 4 nitrogen and oxygen atoms in total. The van der Waals surface area contributed by atoms with E-state index in [-0.39, 0.29) is 16.3 Å².